The maximum Gasteiger partial charge on any atom is 0.188 e. The highest BCUT2D eigenvalue weighted by atomic mass is 32.1. The van der Waals surface area contributed by atoms with Crippen molar-refractivity contribution in [2.75, 3.05) is 5.32 Å². The van der Waals surface area contributed by atoms with Crippen molar-refractivity contribution in [2.24, 2.45) is 0 Å². The summed E-state index contributed by atoms with van der Waals surface area (Å²) in [6.07, 6.45) is 3.33. The van der Waals surface area contributed by atoms with Gasteiger partial charge in [0.05, 0.1) is 5.56 Å². The number of nitrogens with one attached hydrogen (secondary N) is 1. The highest BCUT2D eigenvalue weighted by molar-refractivity contribution is 7.13. The summed E-state index contributed by atoms with van der Waals surface area (Å²) < 4.78 is 0. The second-order valence-corrected chi connectivity index (χ2v) is 3.37. The van der Waals surface area contributed by atoms with E-state index in [9.17, 15) is 0 Å². The fourth-order valence-corrected chi connectivity index (χ4v) is 1.51. The van der Waals surface area contributed by atoms with E-state index in [1.54, 1.807) is 24.5 Å². The molecule has 0 atom stereocenters. The summed E-state index contributed by atoms with van der Waals surface area (Å²) in [7, 11) is 0. The lowest BCUT2D eigenvalue weighted by Gasteiger charge is -2.01. The van der Waals surface area contributed by atoms with Gasteiger partial charge in [-0.05, 0) is 12.1 Å². The molecule has 0 amide bonds. The number of pyridine rings is 1. The Morgan fingerprint density at radius 1 is 1.36 bits per heavy atom. The van der Waals surface area contributed by atoms with Crippen molar-refractivity contribution in [1.29, 1.82) is 5.26 Å². The van der Waals surface area contributed by atoms with Crippen molar-refractivity contribution in [3.8, 4) is 6.07 Å². The maximum atomic E-state index is 8.80. The average molecular weight is 202 g/mol. The molecule has 2 rings (SSSR count). The van der Waals surface area contributed by atoms with E-state index < -0.39 is 0 Å². The number of hydrogen-bond donors (Lipinski definition) is 1. The molecule has 14 heavy (non-hydrogen) atoms. The Kier molecular flexibility index (Phi) is 2.38. The Morgan fingerprint density at radius 3 is 3.00 bits per heavy atom. The van der Waals surface area contributed by atoms with Crippen molar-refractivity contribution in [3.05, 3.63) is 35.5 Å². The predicted octanol–water partition coefficient (Wildman–Crippen LogP) is 2.15. The van der Waals surface area contributed by atoms with Gasteiger partial charge < -0.3 is 5.32 Å². The van der Waals surface area contributed by atoms with E-state index in [4.69, 9.17) is 5.26 Å². The minimum Gasteiger partial charge on any atom is -0.315 e. The predicted molar refractivity (Wildman–Crippen MR) is 54.3 cm³/mol. The molecule has 0 unspecified atom stereocenters. The summed E-state index contributed by atoms with van der Waals surface area (Å²) in [5.74, 6) is 0.546. The van der Waals surface area contributed by atoms with Crippen molar-refractivity contribution in [3.63, 3.8) is 0 Å². The molecule has 2 aromatic rings. The van der Waals surface area contributed by atoms with E-state index in [0.717, 1.165) is 5.13 Å². The number of nitrogens with zero attached hydrogens (tertiary/aromatic N) is 3. The van der Waals surface area contributed by atoms with Crippen molar-refractivity contribution in [2.45, 2.75) is 0 Å². The highest BCUT2D eigenvalue weighted by Crippen LogP contribution is 2.18. The SMILES string of the molecule is N#Cc1cccnc1Nc1nccs1. The van der Waals surface area contributed by atoms with Crippen molar-refractivity contribution >= 4 is 22.3 Å². The van der Waals surface area contributed by atoms with Crippen molar-refractivity contribution in [1.82, 2.24) is 9.97 Å². The largest absolute Gasteiger partial charge is 0.315 e. The molecule has 0 radical (unpaired) electrons. The average Bonchev–Trinajstić information content (AvgIpc) is 2.71. The zero-order valence-electron chi connectivity index (χ0n) is 7.14. The van der Waals surface area contributed by atoms with Crippen LogP contribution in [0.4, 0.5) is 10.9 Å². The van der Waals surface area contributed by atoms with E-state index in [1.165, 1.54) is 11.3 Å². The smallest absolute Gasteiger partial charge is 0.188 e. The number of thiazole rings is 1. The van der Waals surface area contributed by atoms with E-state index in [0.29, 0.717) is 11.4 Å². The van der Waals surface area contributed by atoms with Gasteiger partial charge in [0.15, 0.2) is 5.13 Å². The van der Waals surface area contributed by atoms with Crippen LogP contribution in [0.1, 0.15) is 5.56 Å². The summed E-state index contributed by atoms with van der Waals surface area (Å²) in [5, 5.41) is 14.4. The molecule has 0 fully saturated rings. The molecule has 68 valence electrons. The van der Waals surface area contributed by atoms with Crippen LogP contribution in [-0.2, 0) is 0 Å². The van der Waals surface area contributed by atoms with E-state index in [-0.39, 0.29) is 0 Å². The third-order valence-electron chi connectivity index (χ3n) is 1.59. The van der Waals surface area contributed by atoms with Crippen LogP contribution >= 0.6 is 11.3 Å². The van der Waals surface area contributed by atoms with Gasteiger partial charge in [0.2, 0.25) is 0 Å². The first-order valence-corrected chi connectivity index (χ1v) is 4.80. The van der Waals surface area contributed by atoms with Gasteiger partial charge >= 0.3 is 0 Å². The molecule has 0 saturated heterocycles. The Balaban J connectivity index is 2.30. The van der Waals surface area contributed by atoms with Crippen LogP contribution in [-0.4, -0.2) is 9.97 Å². The number of aromatic nitrogens is 2. The molecule has 2 aromatic heterocycles. The second-order valence-electron chi connectivity index (χ2n) is 2.47. The van der Waals surface area contributed by atoms with E-state index in [1.807, 2.05) is 5.38 Å². The normalized spacial score (nSPS) is 9.36. The van der Waals surface area contributed by atoms with Crippen LogP contribution in [0, 0.1) is 11.3 Å². The molecule has 0 bridgehead atoms. The van der Waals surface area contributed by atoms with E-state index in [2.05, 4.69) is 21.4 Å². The zero-order chi connectivity index (χ0) is 9.80. The van der Waals surface area contributed by atoms with Crippen LogP contribution in [0.15, 0.2) is 29.9 Å². The molecular weight excluding hydrogens is 196 g/mol. The summed E-state index contributed by atoms with van der Waals surface area (Å²) in [5.41, 5.74) is 0.516. The summed E-state index contributed by atoms with van der Waals surface area (Å²) in [6, 6.07) is 5.50. The van der Waals surface area contributed by atoms with Gasteiger partial charge in [0.1, 0.15) is 11.9 Å². The molecule has 0 aliphatic carbocycles. The van der Waals surface area contributed by atoms with Crippen LogP contribution < -0.4 is 5.32 Å². The highest BCUT2D eigenvalue weighted by Gasteiger charge is 2.03. The first-order valence-electron chi connectivity index (χ1n) is 3.92. The monoisotopic (exact) mass is 202 g/mol. The minimum absolute atomic E-state index is 0.516. The quantitative estimate of drug-likeness (QED) is 0.810. The van der Waals surface area contributed by atoms with Gasteiger partial charge in [-0.3, -0.25) is 0 Å². The van der Waals surface area contributed by atoms with Gasteiger partial charge in [-0.15, -0.1) is 11.3 Å². The molecule has 0 saturated carbocycles. The van der Waals surface area contributed by atoms with Crippen LogP contribution in [0.25, 0.3) is 0 Å². The number of anilines is 2. The lowest BCUT2D eigenvalue weighted by molar-refractivity contribution is 1.27. The minimum atomic E-state index is 0.516. The fourth-order valence-electron chi connectivity index (χ4n) is 0.982. The van der Waals surface area contributed by atoms with Crippen molar-refractivity contribution < 1.29 is 0 Å². The lowest BCUT2D eigenvalue weighted by atomic mass is 10.3. The molecule has 0 aliphatic heterocycles. The topological polar surface area (TPSA) is 61.6 Å². The number of nitriles is 1. The summed E-state index contributed by atoms with van der Waals surface area (Å²) in [4.78, 5) is 8.10. The molecule has 4 nitrogen and oxygen atoms in total. The standard InChI is InChI=1S/C9H6N4S/c10-6-7-2-1-3-11-8(7)13-9-12-4-5-14-9/h1-5H,(H,11,12,13). The molecule has 1 N–H and O–H groups in total. The van der Waals surface area contributed by atoms with Gasteiger partial charge in [-0.1, -0.05) is 0 Å². The molecule has 5 heteroatoms. The van der Waals surface area contributed by atoms with Crippen LogP contribution in [0.5, 0.6) is 0 Å². The van der Waals surface area contributed by atoms with Crippen LogP contribution in [0.2, 0.25) is 0 Å². The van der Waals surface area contributed by atoms with Gasteiger partial charge in [-0.2, -0.15) is 5.26 Å². The fraction of sp³-hybridized carbons (Fsp3) is 0. The molecular formula is C9H6N4S. The first kappa shape index (κ1) is 8.66. The molecule has 0 aromatic carbocycles. The molecule has 0 spiro atoms. The number of hydrogen-bond acceptors (Lipinski definition) is 5. The summed E-state index contributed by atoms with van der Waals surface area (Å²) >= 11 is 1.47. The third-order valence-corrected chi connectivity index (χ3v) is 2.27. The van der Waals surface area contributed by atoms with Gasteiger partial charge in [-0.25, -0.2) is 9.97 Å². The summed E-state index contributed by atoms with van der Waals surface area (Å²) in [6.45, 7) is 0. The van der Waals surface area contributed by atoms with E-state index >= 15 is 0 Å². The molecule has 0 aliphatic rings. The zero-order valence-corrected chi connectivity index (χ0v) is 7.95. The second kappa shape index (κ2) is 3.85. The van der Waals surface area contributed by atoms with Gasteiger partial charge in [0.25, 0.3) is 0 Å². The number of rotatable bonds is 2. The molecule has 2 heterocycles. The lowest BCUT2D eigenvalue weighted by Crippen LogP contribution is -1.95. The Morgan fingerprint density at radius 2 is 2.29 bits per heavy atom. The van der Waals surface area contributed by atoms with Crippen LogP contribution in [0.3, 0.4) is 0 Å². The Labute approximate surface area is 84.9 Å². The Hall–Kier alpha value is -1.93. The Bertz CT molecular complexity index is 458. The first-order chi connectivity index (χ1) is 6.90. The van der Waals surface area contributed by atoms with Gasteiger partial charge in [0, 0.05) is 17.8 Å². The third kappa shape index (κ3) is 1.70. The maximum absolute atomic E-state index is 8.80.